The first-order valence-electron chi connectivity index (χ1n) is 10.3. The van der Waals surface area contributed by atoms with Crippen LogP contribution in [0.3, 0.4) is 0 Å². The van der Waals surface area contributed by atoms with Gasteiger partial charge in [-0.05, 0) is 24.3 Å². The van der Waals surface area contributed by atoms with Crippen molar-refractivity contribution in [2.75, 3.05) is 14.2 Å². The SMILES string of the molecule is COC(=O)[C@@H]1[C@H](C(=O)OC)[C@@]2(OC(C)=O)c3ccc(O)cc3[C@@]1(OC(C)=O)c1ccc(O)cc12. The molecule has 2 N–H and O–H groups in total. The third kappa shape index (κ3) is 2.87. The molecule has 2 aromatic carbocycles. The zero-order chi connectivity index (χ0) is 25.0. The number of carbonyl (C=O) groups excluding carboxylic acids is 4. The van der Waals surface area contributed by atoms with Crippen LogP contribution in [0.5, 0.6) is 11.5 Å². The number of benzene rings is 2. The molecule has 34 heavy (non-hydrogen) atoms. The van der Waals surface area contributed by atoms with Gasteiger partial charge in [-0.25, -0.2) is 0 Å². The molecule has 0 saturated carbocycles. The Morgan fingerprint density at radius 3 is 1.32 bits per heavy atom. The number of aromatic hydroxyl groups is 2. The fraction of sp³-hybridized carbons (Fsp3) is 0.333. The molecule has 10 nitrogen and oxygen atoms in total. The number of methoxy groups -OCH3 is 2. The highest BCUT2D eigenvalue weighted by Crippen LogP contribution is 2.66. The van der Waals surface area contributed by atoms with Gasteiger partial charge in [0, 0.05) is 36.1 Å². The van der Waals surface area contributed by atoms with Crippen molar-refractivity contribution in [3.63, 3.8) is 0 Å². The zero-order valence-electron chi connectivity index (χ0n) is 18.8. The lowest BCUT2D eigenvalue weighted by molar-refractivity contribution is -0.210. The van der Waals surface area contributed by atoms with Crippen molar-refractivity contribution in [2.45, 2.75) is 25.0 Å². The maximum Gasteiger partial charge on any atom is 0.314 e. The van der Waals surface area contributed by atoms with Gasteiger partial charge in [0.25, 0.3) is 0 Å². The molecule has 3 aliphatic rings. The fourth-order valence-electron chi connectivity index (χ4n) is 5.41. The number of phenolic OH excluding ortho intramolecular Hbond substituents is 2. The molecule has 0 unspecified atom stereocenters. The Labute approximate surface area is 194 Å². The minimum atomic E-state index is -1.98. The highest BCUT2D eigenvalue weighted by atomic mass is 16.6. The van der Waals surface area contributed by atoms with Crippen molar-refractivity contribution >= 4 is 23.9 Å². The lowest BCUT2D eigenvalue weighted by Gasteiger charge is -2.58. The summed E-state index contributed by atoms with van der Waals surface area (Å²) in [4.78, 5) is 51.5. The Balaban J connectivity index is 2.29. The van der Waals surface area contributed by atoms with Gasteiger partial charge in [-0.2, -0.15) is 0 Å². The minimum absolute atomic E-state index is 0.123. The fourth-order valence-corrected chi connectivity index (χ4v) is 5.41. The molecule has 3 aliphatic carbocycles. The highest BCUT2D eigenvalue weighted by Gasteiger charge is 2.74. The molecule has 0 aliphatic heterocycles. The molecule has 0 spiro atoms. The van der Waals surface area contributed by atoms with Gasteiger partial charge in [0.1, 0.15) is 23.3 Å². The maximum atomic E-state index is 13.3. The molecular formula is C24H22O10. The van der Waals surface area contributed by atoms with Crippen LogP contribution in [0.4, 0.5) is 0 Å². The first-order chi connectivity index (χ1) is 16.0. The molecule has 0 heterocycles. The van der Waals surface area contributed by atoms with E-state index in [2.05, 4.69) is 0 Å². The van der Waals surface area contributed by atoms with Crippen LogP contribution in [-0.2, 0) is 49.3 Å². The van der Waals surface area contributed by atoms with E-state index in [1.165, 1.54) is 36.4 Å². The summed E-state index contributed by atoms with van der Waals surface area (Å²) in [5.41, 5.74) is -3.35. The summed E-state index contributed by atoms with van der Waals surface area (Å²) in [7, 11) is 2.19. The summed E-state index contributed by atoms with van der Waals surface area (Å²) in [5, 5.41) is 20.7. The summed E-state index contributed by atoms with van der Waals surface area (Å²) in [6.45, 7) is 2.25. The van der Waals surface area contributed by atoms with Crippen LogP contribution in [0.2, 0.25) is 0 Å². The number of rotatable bonds is 4. The van der Waals surface area contributed by atoms with E-state index in [0.29, 0.717) is 0 Å². The molecule has 0 fully saturated rings. The molecule has 4 atom stereocenters. The predicted molar refractivity (Wildman–Crippen MR) is 112 cm³/mol. The van der Waals surface area contributed by atoms with Crippen molar-refractivity contribution in [3.8, 4) is 11.5 Å². The van der Waals surface area contributed by atoms with Gasteiger partial charge < -0.3 is 29.2 Å². The Hall–Kier alpha value is -4.08. The Morgan fingerprint density at radius 2 is 1.03 bits per heavy atom. The quantitative estimate of drug-likeness (QED) is 0.499. The summed E-state index contributed by atoms with van der Waals surface area (Å²) in [6, 6.07) is 7.96. The highest BCUT2D eigenvalue weighted by molar-refractivity contribution is 5.91. The monoisotopic (exact) mass is 470 g/mol. The van der Waals surface area contributed by atoms with Crippen molar-refractivity contribution in [1.82, 2.24) is 0 Å². The van der Waals surface area contributed by atoms with Gasteiger partial charge in [0.05, 0.1) is 14.2 Å². The third-order valence-corrected chi connectivity index (χ3v) is 6.34. The van der Waals surface area contributed by atoms with Crippen LogP contribution in [0, 0.1) is 11.8 Å². The Morgan fingerprint density at radius 1 is 0.676 bits per heavy atom. The average molecular weight is 470 g/mol. The number of phenols is 2. The standard InChI is InChI=1S/C24H22O10/c1-11(25)33-23-15-7-5-14(28)10-18(15)24(34-12(2)26,16-8-6-13(27)9-17(16)23)20(22(30)32-4)19(23)21(29)31-3/h5-10,19-20,27-28H,1-4H3/t19-,20+,23-,24+. The van der Waals surface area contributed by atoms with E-state index in [0.717, 1.165) is 28.1 Å². The lowest BCUT2D eigenvalue weighted by Crippen LogP contribution is -2.66. The molecular weight excluding hydrogens is 448 g/mol. The molecule has 2 bridgehead atoms. The van der Waals surface area contributed by atoms with E-state index >= 15 is 0 Å². The molecule has 2 aromatic rings. The first kappa shape index (κ1) is 23.1. The van der Waals surface area contributed by atoms with Crippen molar-refractivity contribution in [3.05, 3.63) is 58.7 Å². The van der Waals surface area contributed by atoms with E-state index in [-0.39, 0.29) is 33.8 Å². The number of esters is 4. The number of hydrogen-bond donors (Lipinski definition) is 2. The number of hydrogen-bond acceptors (Lipinski definition) is 10. The van der Waals surface area contributed by atoms with E-state index in [4.69, 9.17) is 18.9 Å². The largest absolute Gasteiger partial charge is 0.508 e. The summed E-state index contributed by atoms with van der Waals surface area (Å²) >= 11 is 0. The van der Waals surface area contributed by atoms with Gasteiger partial charge >= 0.3 is 23.9 Å². The predicted octanol–water partition coefficient (Wildman–Crippen LogP) is 1.62. The van der Waals surface area contributed by atoms with Crippen molar-refractivity contribution < 1.29 is 48.3 Å². The smallest absolute Gasteiger partial charge is 0.314 e. The average Bonchev–Trinajstić information content (AvgIpc) is 2.77. The van der Waals surface area contributed by atoms with Gasteiger partial charge in [0.2, 0.25) is 0 Å². The topological polar surface area (TPSA) is 146 Å². The summed E-state index contributed by atoms with van der Waals surface area (Å²) < 4.78 is 21.7. The van der Waals surface area contributed by atoms with E-state index in [9.17, 15) is 29.4 Å². The van der Waals surface area contributed by atoms with Gasteiger partial charge in [-0.15, -0.1) is 0 Å². The van der Waals surface area contributed by atoms with E-state index in [1.54, 1.807) is 0 Å². The molecule has 0 amide bonds. The van der Waals surface area contributed by atoms with Crippen LogP contribution in [0.1, 0.15) is 36.1 Å². The van der Waals surface area contributed by atoms with Crippen LogP contribution in [-0.4, -0.2) is 48.3 Å². The molecule has 0 saturated heterocycles. The summed E-state index contributed by atoms with van der Waals surface area (Å²) in [5.74, 6) is -7.08. The molecule has 10 heteroatoms. The molecule has 0 radical (unpaired) electrons. The normalized spacial score (nSPS) is 26.0. The Kier molecular flexibility index (Phi) is 5.27. The molecule has 178 valence electrons. The van der Waals surface area contributed by atoms with Crippen LogP contribution in [0.25, 0.3) is 0 Å². The Bertz CT molecular complexity index is 1140. The van der Waals surface area contributed by atoms with Gasteiger partial charge in [-0.3, -0.25) is 19.2 Å². The molecule has 0 aromatic heterocycles. The minimum Gasteiger partial charge on any atom is -0.508 e. The second-order valence-electron chi connectivity index (χ2n) is 8.12. The first-order valence-corrected chi connectivity index (χ1v) is 10.3. The van der Waals surface area contributed by atoms with E-state index < -0.39 is 46.9 Å². The van der Waals surface area contributed by atoms with Crippen LogP contribution in [0.15, 0.2) is 36.4 Å². The number of fused-ring (bicyclic) bond motifs is 1. The van der Waals surface area contributed by atoms with Crippen LogP contribution >= 0.6 is 0 Å². The lowest BCUT2D eigenvalue weighted by atomic mass is 9.49. The third-order valence-electron chi connectivity index (χ3n) is 6.34. The molecule has 5 rings (SSSR count). The number of carbonyl (C=O) groups is 4. The van der Waals surface area contributed by atoms with Crippen LogP contribution < -0.4 is 0 Å². The number of ether oxygens (including phenoxy) is 4. The second kappa shape index (κ2) is 7.75. The van der Waals surface area contributed by atoms with Gasteiger partial charge in [0.15, 0.2) is 11.2 Å². The zero-order valence-corrected chi connectivity index (χ0v) is 18.8. The van der Waals surface area contributed by atoms with Gasteiger partial charge in [-0.1, -0.05) is 12.1 Å². The summed E-state index contributed by atoms with van der Waals surface area (Å²) in [6.07, 6.45) is 0. The van der Waals surface area contributed by atoms with E-state index in [1.807, 2.05) is 0 Å². The second-order valence-corrected chi connectivity index (χ2v) is 8.12. The van der Waals surface area contributed by atoms with Crippen molar-refractivity contribution in [1.29, 1.82) is 0 Å². The van der Waals surface area contributed by atoms with Crippen molar-refractivity contribution in [2.24, 2.45) is 11.8 Å². The maximum absolute atomic E-state index is 13.3.